The Labute approximate surface area is 304 Å². The Balaban J connectivity index is -0.000000531. The van der Waals surface area contributed by atoms with E-state index in [1.54, 1.807) is 0 Å². The van der Waals surface area contributed by atoms with E-state index in [9.17, 15) is 30.0 Å². The van der Waals surface area contributed by atoms with Crippen molar-refractivity contribution in [2.24, 2.45) is 0 Å². The molecule has 0 bridgehead atoms. The van der Waals surface area contributed by atoms with Crippen LogP contribution in [0.25, 0.3) is 0 Å². The summed E-state index contributed by atoms with van der Waals surface area (Å²) in [6.45, 7) is 2.67. The Kier molecular flexibility index (Phi) is 32.9. The second-order valence-electron chi connectivity index (χ2n) is 8.49. The molecule has 0 aromatic rings. The first-order chi connectivity index (χ1) is 18.8. The molecule has 1 fully saturated rings. The summed E-state index contributed by atoms with van der Waals surface area (Å²) in [6.07, 6.45) is -8.57. The number of alkyl halides is 6. The molecular weight excluding hydrogens is 1000 g/mol. The number of aliphatic hydroxyl groups excluding tert-OH is 8. The molecule has 1 aliphatic rings. The summed E-state index contributed by atoms with van der Waals surface area (Å²) in [6, 6.07) is 0. The Morgan fingerprint density at radius 1 is 0.488 bits per heavy atom. The molecule has 0 spiro atoms. The Morgan fingerprint density at radius 3 is 0.829 bits per heavy atom. The summed E-state index contributed by atoms with van der Waals surface area (Å²) in [5, 5.41) is 75.0. The van der Waals surface area contributed by atoms with Gasteiger partial charge < -0.3 is 50.7 Å². The third-order valence-electron chi connectivity index (χ3n) is 5.51. The van der Waals surface area contributed by atoms with E-state index >= 15 is 0 Å². The summed E-state index contributed by atoms with van der Waals surface area (Å²) in [5.41, 5.74) is 0. The van der Waals surface area contributed by atoms with Gasteiger partial charge in [0.15, 0.2) is 0 Å². The molecule has 0 radical (unpaired) electrons. The maximum absolute atomic E-state index is 11.6. The number of rotatable bonds is 14. The second-order valence-corrected chi connectivity index (χ2v) is 12.7. The van der Waals surface area contributed by atoms with E-state index in [1.165, 1.54) is 0 Å². The first kappa shape index (κ1) is 47.5. The number of carbonyl (C=O) groups excluding carboxylic acids is 2. The standard InChI is InChI=1S/C10H16Br2N2O2.2C6H12Br2O4.Ga.3H/c11-3-1-9(15)13-5-7-14(8-6-13)10(16)2-4-12;2*7-1-3(9)5(11)6(12)4(10)2-8;;;;/h1-8H2;2*3-6,9-12H,1-2H2;;;;/t;3-,4-,5-,6-;;;;;/m.1...../s1. The van der Waals surface area contributed by atoms with Crippen molar-refractivity contribution in [1.29, 1.82) is 0 Å². The summed E-state index contributed by atoms with van der Waals surface area (Å²) in [4.78, 5) is 26.8. The van der Waals surface area contributed by atoms with Crippen LogP contribution in [0, 0.1) is 0 Å². The van der Waals surface area contributed by atoms with Crippen LogP contribution < -0.4 is 0 Å². The van der Waals surface area contributed by atoms with E-state index < -0.39 is 48.8 Å². The molecule has 8 atom stereocenters. The van der Waals surface area contributed by atoms with Crippen molar-refractivity contribution in [2.45, 2.75) is 61.7 Å². The van der Waals surface area contributed by atoms with Crippen molar-refractivity contribution >= 4 is 127 Å². The minimum atomic E-state index is -1.34. The molecule has 12 nitrogen and oxygen atoms in total. The quantitative estimate of drug-likeness (QED) is 0.0747. The molecule has 8 N–H and O–H groups in total. The predicted molar refractivity (Wildman–Crippen MR) is 183 cm³/mol. The molecule has 1 rings (SSSR count). The van der Waals surface area contributed by atoms with Crippen LogP contribution in [0.4, 0.5) is 0 Å². The van der Waals surface area contributed by atoms with Crippen molar-refractivity contribution in [3.63, 3.8) is 0 Å². The molecular formula is C22H43Br6GaN2O10. The number of aliphatic hydroxyl groups is 8. The zero-order valence-corrected chi connectivity index (χ0v) is 31.2. The van der Waals surface area contributed by atoms with Gasteiger partial charge in [0.25, 0.3) is 0 Å². The molecule has 0 saturated carbocycles. The minimum absolute atomic E-state index is 0. The van der Waals surface area contributed by atoms with E-state index in [1.807, 2.05) is 9.80 Å². The predicted octanol–water partition coefficient (Wildman–Crippen LogP) is -1.52. The maximum atomic E-state index is 11.6. The molecule has 1 saturated heterocycles. The first-order valence-electron chi connectivity index (χ1n) is 12.1. The van der Waals surface area contributed by atoms with Gasteiger partial charge >= 0.3 is 19.8 Å². The molecule has 2 amide bonds. The van der Waals surface area contributed by atoms with Gasteiger partial charge in [0.1, 0.15) is 24.4 Å². The fourth-order valence-corrected chi connectivity index (χ4v) is 5.17. The van der Waals surface area contributed by atoms with Gasteiger partial charge in [-0.05, 0) is 0 Å². The SMILES string of the molecule is O=C(CCBr)N1CCN(C(=O)CCBr)CC1.OC(CBr)C(O)C(O)C(O)CBr.O[C@@H]([C@H](O)[C@H](O)CBr)[C@H](O)CBr.[GaH3]. The number of carbonyl (C=O) groups is 2. The van der Waals surface area contributed by atoms with E-state index in [-0.39, 0.29) is 52.9 Å². The van der Waals surface area contributed by atoms with Crippen LogP contribution in [0.15, 0.2) is 0 Å². The number of hydrogen-bond donors (Lipinski definition) is 8. The molecule has 246 valence electrons. The van der Waals surface area contributed by atoms with Crippen molar-refractivity contribution in [3.8, 4) is 0 Å². The van der Waals surface area contributed by atoms with Crippen molar-refractivity contribution in [3.05, 3.63) is 0 Å². The van der Waals surface area contributed by atoms with Crippen molar-refractivity contribution in [1.82, 2.24) is 9.80 Å². The number of nitrogens with zero attached hydrogens (tertiary/aromatic N) is 2. The number of hydrogen-bond acceptors (Lipinski definition) is 10. The number of piperazine rings is 1. The molecule has 0 aromatic carbocycles. The van der Waals surface area contributed by atoms with Gasteiger partial charge in [0, 0.05) is 71.0 Å². The van der Waals surface area contributed by atoms with E-state index in [0.29, 0.717) is 49.7 Å². The van der Waals surface area contributed by atoms with Crippen LogP contribution >= 0.6 is 95.6 Å². The summed E-state index contributed by atoms with van der Waals surface area (Å²) in [7, 11) is 0. The van der Waals surface area contributed by atoms with E-state index in [4.69, 9.17) is 20.4 Å². The average molecular weight is 1040 g/mol. The van der Waals surface area contributed by atoms with E-state index in [0.717, 1.165) is 0 Å². The Hall–Kier alpha value is 2.14. The van der Waals surface area contributed by atoms with Crippen LogP contribution in [-0.4, -0.2) is 189 Å². The third-order valence-corrected chi connectivity index (χ3v) is 8.96. The monoisotopic (exact) mass is 1040 g/mol. The van der Waals surface area contributed by atoms with Crippen LogP contribution in [0.2, 0.25) is 0 Å². The van der Waals surface area contributed by atoms with Gasteiger partial charge in [-0.3, -0.25) is 9.59 Å². The van der Waals surface area contributed by atoms with Gasteiger partial charge in [0.2, 0.25) is 11.8 Å². The molecule has 4 unspecified atom stereocenters. The summed E-state index contributed by atoms with van der Waals surface area (Å²) in [5.74, 6) is 0.342. The average Bonchev–Trinajstić information content (AvgIpc) is 2.98. The third kappa shape index (κ3) is 20.1. The molecule has 1 heterocycles. The van der Waals surface area contributed by atoms with Crippen molar-refractivity contribution < 1.29 is 50.4 Å². The molecule has 0 aromatic heterocycles. The molecule has 19 heteroatoms. The molecule has 0 aliphatic carbocycles. The van der Waals surface area contributed by atoms with Crippen LogP contribution in [0.5, 0.6) is 0 Å². The first-order valence-corrected chi connectivity index (χ1v) is 18.9. The number of amides is 2. The van der Waals surface area contributed by atoms with Gasteiger partial charge in [0.05, 0.1) is 24.4 Å². The van der Waals surface area contributed by atoms with Crippen LogP contribution in [0.3, 0.4) is 0 Å². The number of halogens is 6. The second kappa shape index (κ2) is 28.4. The summed E-state index contributed by atoms with van der Waals surface area (Å²) >= 11 is 18.3. The summed E-state index contributed by atoms with van der Waals surface area (Å²) < 4.78 is 0. The van der Waals surface area contributed by atoms with Gasteiger partial charge in [-0.15, -0.1) is 0 Å². The fraction of sp³-hybridized carbons (Fsp3) is 0.909. The Morgan fingerprint density at radius 2 is 0.683 bits per heavy atom. The molecule has 41 heavy (non-hydrogen) atoms. The topological polar surface area (TPSA) is 202 Å². The van der Waals surface area contributed by atoms with Gasteiger partial charge in [-0.25, -0.2) is 0 Å². The molecule has 1 aliphatic heterocycles. The fourth-order valence-electron chi connectivity index (χ4n) is 2.96. The van der Waals surface area contributed by atoms with E-state index in [2.05, 4.69) is 95.6 Å². The normalized spacial score (nSPS) is 19.0. The van der Waals surface area contributed by atoms with Gasteiger partial charge in [-0.2, -0.15) is 0 Å². The van der Waals surface area contributed by atoms with Crippen LogP contribution in [-0.2, 0) is 9.59 Å². The zero-order chi connectivity index (χ0) is 31.4. The van der Waals surface area contributed by atoms with Crippen LogP contribution in [0.1, 0.15) is 12.8 Å². The zero-order valence-electron chi connectivity index (χ0n) is 21.7. The van der Waals surface area contributed by atoms with Gasteiger partial charge in [-0.1, -0.05) is 95.6 Å². The Bertz CT molecular complexity index is 594. The van der Waals surface area contributed by atoms with Crippen molar-refractivity contribution in [2.75, 3.05) is 58.2 Å².